The van der Waals surface area contributed by atoms with Crippen molar-refractivity contribution >= 4 is 23.7 Å². The fourth-order valence-corrected chi connectivity index (χ4v) is 2.47. The van der Waals surface area contributed by atoms with Crippen LogP contribution in [0.3, 0.4) is 0 Å². The molecule has 0 aliphatic rings. The first-order chi connectivity index (χ1) is 9.66. The molecule has 20 heavy (non-hydrogen) atoms. The lowest BCUT2D eigenvalue weighted by molar-refractivity contribution is -0.118. The molecule has 1 aromatic carbocycles. The molecule has 1 heterocycles. The van der Waals surface area contributed by atoms with E-state index in [1.54, 1.807) is 11.5 Å². The average Bonchev–Trinajstić information content (AvgIpc) is 2.77. The van der Waals surface area contributed by atoms with Crippen molar-refractivity contribution in [1.29, 1.82) is 0 Å². The number of aromatic nitrogens is 3. The number of primary amides is 1. The number of carbonyl (C=O) groups is 1. The van der Waals surface area contributed by atoms with Gasteiger partial charge in [0, 0.05) is 5.75 Å². The van der Waals surface area contributed by atoms with Crippen LogP contribution in [-0.4, -0.2) is 26.4 Å². The number of benzene rings is 1. The molecule has 2 aromatic rings. The van der Waals surface area contributed by atoms with Crippen molar-refractivity contribution in [2.24, 2.45) is 5.73 Å². The molecule has 1 amide bonds. The summed E-state index contributed by atoms with van der Waals surface area (Å²) in [5.41, 5.74) is 6.37. The van der Waals surface area contributed by atoms with Gasteiger partial charge in [0.25, 0.3) is 0 Å². The van der Waals surface area contributed by atoms with Crippen molar-refractivity contribution in [2.45, 2.75) is 18.6 Å². The number of hydrogen-bond donors (Lipinski definition) is 1. The number of rotatable bonds is 6. The van der Waals surface area contributed by atoms with Crippen LogP contribution in [0.2, 0.25) is 0 Å². The van der Waals surface area contributed by atoms with E-state index < -0.39 is 5.91 Å². The molecule has 0 unspecified atom stereocenters. The topological polar surface area (TPSA) is 73.8 Å². The molecule has 0 atom stereocenters. The smallest absolute Gasteiger partial charge is 0.237 e. The van der Waals surface area contributed by atoms with Crippen molar-refractivity contribution in [3.05, 3.63) is 47.8 Å². The normalized spacial score (nSPS) is 11.1. The van der Waals surface area contributed by atoms with Gasteiger partial charge in [0.05, 0.1) is 0 Å². The van der Waals surface area contributed by atoms with Gasteiger partial charge in [-0.2, -0.15) is 0 Å². The van der Waals surface area contributed by atoms with Gasteiger partial charge < -0.3 is 5.73 Å². The van der Waals surface area contributed by atoms with E-state index in [2.05, 4.69) is 22.3 Å². The summed E-state index contributed by atoms with van der Waals surface area (Å²) in [6.07, 6.45) is 4.10. The first-order valence-electron chi connectivity index (χ1n) is 6.19. The van der Waals surface area contributed by atoms with E-state index in [1.807, 2.05) is 30.3 Å². The lowest BCUT2D eigenvalue weighted by Gasteiger charge is -2.04. The molecule has 0 radical (unpaired) electrons. The van der Waals surface area contributed by atoms with Gasteiger partial charge in [-0.3, -0.25) is 9.36 Å². The molecule has 2 rings (SSSR count). The predicted octanol–water partition coefficient (Wildman–Crippen LogP) is 1.88. The average molecular weight is 288 g/mol. The van der Waals surface area contributed by atoms with Crippen molar-refractivity contribution in [3.8, 4) is 0 Å². The van der Waals surface area contributed by atoms with E-state index >= 15 is 0 Å². The summed E-state index contributed by atoms with van der Waals surface area (Å²) in [6, 6.07) is 10.1. The molecule has 0 aliphatic carbocycles. The van der Waals surface area contributed by atoms with Gasteiger partial charge in [-0.05, 0) is 12.5 Å². The second kappa shape index (κ2) is 6.91. The molecule has 104 valence electrons. The van der Waals surface area contributed by atoms with E-state index in [1.165, 1.54) is 11.8 Å². The maximum absolute atomic E-state index is 11.0. The lowest BCUT2D eigenvalue weighted by atomic mass is 10.2. The maximum atomic E-state index is 11.0. The van der Waals surface area contributed by atoms with Crippen LogP contribution in [0.15, 0.2) is 41.6 Å². The number of carbonyl (C=O) groups excluding carboxylic acids is 1. The van der Waals surface area contributed by atoms with E-state index in [0.29, 0.717) is 11.0 Å². The SMILES string of the molecule is Cc1nnc(SCC=Cc2ccccc2)n1CC(N)=O. The number of nitrogens with two attached hydrogens (primary N) is 1. The molecule has 0 spiro atoms. The summed E-state index contributed by atoms with van der Waals surface area (Å²) in [5, 5.41) is 8.72. The van der Waals surface area contributed by atoms with Crippen molar-refractivity contribution in [2.75, 3.05) is 5.75 Å². The largest absolute Gasteiger partial charge is 0.368 e. The van der Waals surface area contributed by atoms with Crippen LogP contribution in [0.1, 0.15) is 11.4 Å². The Balaban J connectivity index is 1.94. The monoisotopic (exact) mass is 288 g/mol. The summed E-state index contributed by atoms with van der Waals surface area (Å²) >= 11 is 1.52. The van der Waals surface area contributed by atoms with Crippen molar-refractivity contribution in [1.82, 2.24) is 14.8 Å². The Morgan fingerprint density at radius 3 is 2.80 bits per heavy atom. The predicted molar refractivity (Wildman–Crippen MR) is 80.2 cm³/mol. The molecule has 0 bridgehead atoms. The number of aryl methyl sites for hydroxylation is 1. The third kappa shape index (κ3) is 3.96. The van der Waals surface area contributed by atoms with Crippen LogP contribution in [0.4, 0.5) is 0 Å². The number of amides is 1. The van der Waals surface area contributed by atoms with Gasteiger partial charge in [-0.1, -0.05) is 54.2 Å². The summed E-state index contributed by atoms with van der Waals surface area (Å²) in [7, 11) is 0. The lowest BCUT2D eigenvalue weighted by Crippen LogP contribution is -2.20. The third-order valence-electron chi connectivity index (χ3n) is 2.63. The van der Waals surface area contributed by atoms with Crippen molar-refractivity contribution < 1.29 is 4.79 Å². The number of thioether (sulfide) groups is 1. The summed E-state index contributed by atoms with van der Waals surface area (Å²) in [5.74, 6) is 1.05. The minimum atomic E-state index is -0.394. The first kappa shape index (κ1) is 14.3. The molecule has 0 fully saturated rings. The zero-order valence-electron chi connectivity index (χ0n) is 11.2. The van der Waals surface area contributed by atoms with Crippen LogP contribution >= 0.6 is 11.8 Å². The molecule has 0 saturated heterocycles. The first-order valence-corrected chi connectivity index (χ1v) is 7.18. The molecule has 2 N–H and O–H groups in total. The molecule has 6 heteroatoms. The van der Waals surface area contributed by atoms with Gasteiger partial charge in [0.1, 0.15) is 12.4 Å². The Morgan fingerprint density at radius 1 is 1.35 bits per heavy atom. The van der Waals surface area contributed by atoms with E-state index in [-0.39, 0.29) is 6.54 Å². The highest BCUT2D eigenvalue weighted by molar-refractivity contribution is 7.99. The highest BCUT2D eigenvalue weighted by atomic mass is 32.2. The standard InChI is InChI=1S/C14H16N4OS/c1-11-16-17-14(18(11)10-13(15)19)20-9-5-8-12-6-3-2-4-7-12/h2-8H,9-10H2,1H3,(H2,15,19). The van der Waals surface area contributed by atoms with Gasteiger partial charge in [0.2, 0.25) is 5.91 Å². The Morgan fingerprint density at radius 2 is 2.10 bits per heavy atom. The van der Waals surface area contributed by atoms with Crippen LogP contribution in [0.25, 0.3) is 6.08 Å². The maximum Gasteiger partial charge on any atom is 0.237 e. The zero-order valence-corrected chi connectivity index (χ0v) is 12.0. The Labute approximate surface area is 121 Å². The van der Waals surface area contributed by atoms with Gasteiger partial charge >= 0.3 is 0 Å². The second-order valence-electron chi connectivity index (χ2n) is 4.21. The summed E-state index contributed by atoms with van der Waals surface area (Å²) in [6.45, 7) is 1.92. The summed E-state index contributed by atoms with van der Waals surface area (Å²) < 4.78 is 1.73. The third-order valence-corrected chi connectivity index (χ3v) is 3.55. The minimum Gasteiger partial charge on any atom is -0.368 e. The zero-order chi connectivity index (χ0) is 14.4. The Kier molecular flexibility index (Phi) is 4.95. The Hall–Kier alpha value is -2.08. The molecule has 0 saturated carbocycles. The number of nitrogens with zero attached hydrogens (tertiary/aromatic N) is 3. The van der Waals surface area contributed by atoms with Crippen LogP contribution in [0, 0.1) is 6.92 Å². The minimum absolute atomic E-state index is 0.115. The highest BCUT2D eigenvalue weighted by Gasteiger charge is 2.10. The van der Waals surface area contributed by atoms with E-state index in [9.17, 15) is 4.79 Å². The molecule has 1 aromatic heterocycles. The second-order valence-corrected chi connectivity index (χ2v) is 5.19. The van der Waals surface area contributed by atoms with Crippen LogP contribution < -0.4 is 5.73 Å². The molecular weight excluding hydrogens is 272 g/mol. The highest BCUT2D eigenvalue weighted by Crippen LogP contribution is 2.17. The Bertz CT molecular complexity index is 607. The van der Waals surface area contributed by atoms with Gasteiger partial charge in [-0.25, -0.2) is 0 Å². The van der Waals surface area contributed by atoms with E-state index in [0.717, 1.165) is 11.3 Å². The van der Waals surface area contributed by atoms with Crippen LogP contribution in [-0.2, 0) is 11.3 Å². The van der Waals surface area contributed by atoms with Gasteiger partial charge in [0.15, 0.2) is 5.16 Å². The summed E-state index contributed by atoms with van der Waals surface area (Å²) in [4.78, 5) is 11.0. The van der Waals surface area contributed by atoms with Crippen LogP contribution in [0.5, 0.6) is 0 Å². The van der Waals surface area contributed by atoms with Gasteiger partial charge in [-0.15, -0.1) is 10.2 Å². The fourth-order valence-electron chi connectivity index (χ4n) is 1.68. The van der Waals surface area contributed by atoms with E-state index in [4.69, 9.17) is 5.73 Å². The quantitative estimate of drug-likeness (QED) is 0.824. The molecule has 5 nitrogen and oxygen atoms in total. The molecular formula is C14H16N4OS. The fraction of sp³-hybridized carbons (Fsp3) is 0.214. The number of hydrogen-bond acceptors (Lipinski definition) is 4. The molecule has 0 aliphatic heterocycles. The van der Waals surface area contributed by atoms with Crippen molar-refractivity contribution in [3.63, 3.8) is 0 Å².